The number of nitrogens with zero attached hydrogens (tertiary/aromatic N) is 2. The predicted octanol–water partition coefficient (Wildman–Crippen LogP) is 0.462. The van der Waals surface area contributed by atoms with Gasteiger partial charge in [0.1, 0.15) is 11.5 Å². The lowest BCUT2D eigenvalue weighted by Gasteiger charge is -2.29. The van der Waals surface area contributed by atoms with E-state index >= 15 is 0 Å². The average Bonchev–Trinajstić information content (AvgIpc) is 2.41. The van der Waals surface area contributed by atoms with Crippen molar-refractivity contribution < 1.29 is 19.7 Å². The fourth-order valence-electron chi connectivity index (χ4n) is 1.78. The highest BCUT2D eigenvalue weighted by Gasteiger charge is 2.26. The number of aromatic hydroxyl groups is 2. The first kappa shape index (κ1) is 12.2. The molecular formula is C12H12N2O4. The Bertz CT molecular complexity index is 509. The van der Waals surface area contributed by atoms with Gasteiger partial charge >= 0.3 is 0 Å². The first-order valence-corrected chi connectivity index (χ1v) is 5.44. The van der Waals surface area contributed by atoms with Crippen LogP contribution in [0.25, 0.3) is 0 Å². The number of nitriles is 1. The van der Waals surface area contributed by atoms with Crippen LogP contribution >= 0.6 is 0 Å². The fourth-order valence-corrected chi connectivity index (χ4v) is 1.78. The summed E-state index contributed by atoms with van der Waals surface area (Å²) in [6.07, 6.45) is -0.651. The van der Waals surface area contributed by atoms with E-state index in [1.807, 2.05) is 6.07 Å². The molecule has 0 aromatic heterocycles. The third-order valence-electron chi connectivity index (χ3n) is 2.71. The Hall–Kier alpha value is -2.26. The van der Waals surface area contributed by atoms with Crippen LogP contribution in [0.1, 0.15) is 10.4 Å². The van der Waals surface area contributed by atoms with Gasteiger partial charge in [-0.25, -0.2) is 0 Å². The molecule has 1 atom stereocenters. The van der Waals surface area contributed by atoms with E-state index in [9.17, 15) is 15.0 Å². The summed E-state index contributed by atoms with van der Waals surface area (Å²) in [4.78, 5) is 13.5. The van der Waals surface area contributed by atoms with Gasteiger partial charge in [0, 0.05) is 6.54 Å². The molecule has 1 aliphatic rings. The Morgan fingerprint density at radius 2 is 2.28 bits per heavy atom. The van der Waals surface area contributed by atoms with E-state index in [-0.39, 0.29) is 30.2 Å². The second kappa shape index (κ2) is 4.94. The third kappa shape index (κ3) is 2.36. The first-order chi connectivity index (χ1) is 8.61. The van der Waals surface area contributed by atoms with Crippen molar-refractivity contribution in [1.29, 1.82) is 5.26 Å². The van der Waals surface area contributed by atoms with E-state index in [1.165, 1.54) is 23.1 Å². The number of carbonyl (C=O) groups is 1. The molecule has 1 aromatic carbocycles. The van der Waals surface area contributed by atoms with Gasteiger partial charge < -0.3 is 19.8 Å². The molecule has 6 nitrogen and oxygen atoms in total. The number of phenols is 2. The molecule has 2 N–H and O–H groups in total. The summed E-state index contributed by atoms with van der Waals surface area (Å²) >= 11 is 0. The van der Waals surface area contributed by atoms with E-state index in [2.05, 4.69) is 0 Å². The number of carbonyl (C=O) groups excluding carboxylic acids is 1. The van der Waals surface area contributed by atoms with Crippen LogP contribution in [0.3, 0.4) is 0 Å². The smallest absolute Gasteiger partial charge is 0.257 e. The molecule has 0 aliphatic carbocycles. The van der Waals surface area contributed by atoms with Gasteiger partial charge in [0.15, 0.2) is 6.10 Å². The van der Waals surface area contributed by atoms with Crippen molar-refractivity contribution in [3.8, 4) is 17.6 Å². The maximum Gasteiger partial charge on any atom is 0.257 e. The van der Waals surface area contributed by atoms with Crippen molar-refractivity contribution in [3.63, 3.8) is 0 Å². The lowest BCUT2D eigenvalue weighted by atomic mass is 10.1. The van der Waals surface area contributed by atoms with Crippen LogP contribution in [0.4, 0.5) is 0 Å². The van der Waals surface area contributed by atoms with Crippen LogP contribution in [0.15, 0.2) is 18.2 Å². The van der Waals surface area contributed by atoms with E-state index in [0.29, 0.717) is 6.54 Å². The van der Waals surface area contributed by atoms with Crippen molar-refractivity contribution in [3.05, 3.63) is 23.8 Å². The molecule has 0 spiro atoms. The number of morpholine rings is 1. The number of amides is 1. The summed E-state index contributed by atoms with van der Waals surface area (Å²) in [5, 5.41) is 27.7. The van der Waals surface area contributed by atoms with Gasteiger partial charge in [0.25, 0.3) is 5.91 Å². The molecule has 2 rings (SSSR count). The summed E-state index contributed by atoms with van der Waals surface area (Å²) in [7, 11) is 0. The van der Waals surface area contributed by atoms with Gasteiger partial charge in [-0.2, -0.15) is 5.26 Å². The van der Waals surface area contributed by atoms with E-state index in [4.69, 9.17) is 10.00 Å². The van der Waals surface area contributed by atoms with Gasteiger partial charge in [0.05, 0.1) is 24.8 Å². The summed E-state index contributed by atoms with van der Waals surface area (Å²) in [6, 6.07) is 5.69. The monoisotopic (exact) mass is 248 g/mol. The van der Waals surface area contributed by atoms with Crippen LogP contribution in [0.5, 0.6) is 11.5 Å². The van der Waals surface area contributed by atoms with Gasteiger partial charge in [-0.15, -0.1) is 0 Å². The molecule has 0 bridgehead atoms. The molecule has 1 heterocycles. The molecule has 1 saturated heterocycles. The number of benzene rings is 1. The zero-order chi connectivity index (χ0) is 13.1. The molecule has 18 heavy (non-hydrogen) atoms. The molecule has 6 heteroatoms. The maximum absolute atomic E-state index is 12.1. The molecule has 1 aromatic rings. The Labute approximate surface area is 104 Å². The van der Waals surface area contributed by atoms with Crippen molar-refractivity contribution in [1.82, 2.24) is 4.90 Å². The van der Waals surface area contributed by atoms with E-state index in [1.54, 1.807) is 0 Å². The highest BCUT2D eigenvalue weighted by Crippen LogP contribution is 2.24. The van der Waals surface area contributed by atoms with Gasteiger partial charge in [-0.05, 0) is 18.2 Å². The lowest BCUT2D eigenvalue weighted by molar-refractivity contribution is 0.00333. The van der Waals surface area contributed by atoms with Crippen LogP contribution < -0.4 is 0 Å². The molecule has 0 radical (unpaired) electrons. The van der Waals surface area contributed by atoms with Crippen molar-refractivity contribution in [2.24, 2.45) is 0 Å². The second-order valence-corrected chi connectivity index (χ2v) is 3.94. The standard InChI is InChI=1S/C12H12N2O4/c13-6-9-7-14(3-4-18-9)12(17)10-5-8(15)1-2-11(10)16/h1-2,5,9,15-16H,3-4,7H2. The van der Waals surface area contributed by atoms with Crippen molar-refractivity contribution in [2.75, 3.05) is 19.7 Å². The van der Waals surface area contributed by atoms with Crippen LogP contribution in [-0.4, -0.2) is 46.8 Å². The minimum absolute atomic E-state index is 0.0218. The first-order valence-electron chi connectivity index (χ1n) is 5.44. The lowest BCUT2D eigenvalue weighted by Crippen LogP contribution is -2.45. The zero-order valence-electron chi connectivity index (χ0n) is 9.54. The topological polar surface area (TPSA) is 93.8 Å². The third-order valence-corrected chi connectivity index (χ3v) is 2.71. The minimum Gasteiger partial charge on any atom is -0.508 e. The van der Waals surface area contributed by atoms with Crippen LogP contribution in [0, 0.1) is 11.3 Å². The largest absolute Gasteiger partial charge is 0.508 e. The Balaban J connectivity index is 2.21. The SMILES string of the molecule is N#CC1CN(C(=O)c2cc(O)ccc2O)CCO1. The Morgan fingerprint density at radius 3 is 3.00 bits per heavy atom. The normalized spacial score (nSPS) is 19.3. The second-order valence-electron chi connectivity index (χ2n) is 3.94. The van der Waals surface area contributed by atoms with E-state index < -0.39 is 12.0 Å². The Morgan fingerprint density at radius 1 is 1.50 bits per heavy atom. The predicted molar refractivity (Wildman–Crippen MR) is 61.0 cm³/mol. The summed E-state index contributed by atoms with van der Waals surface area (Å²) in [6.45, 7) is 0.792. The number of phenolic OH excluding ortho intramolecular Hbond substituents is 2. The van der Waals surface area contributed by atoms with Gasteiger partial charge in [-0.1, -0.05) is 0 Å². The number of hydrogen-bond acceptors (Lipinski definition) is 5. The highest BCUT2D eigenvalue weighted by atomic mass is 16.5. The van der Waals surface area contributed by atoms with Crippen LogP contribution in [-0.2, 0) is 4.74 Å². The quantitative estimate of drug-likeness (QED) is 0.704. The van der Waals surface area contributed by atoms with Gasteiger partial charge in [-0.3, -0.25) is 4.79 Å². The van der Waals surface area contributed by atoms with Crippen LogP contribution in [0.2, 0.25) is 0 Å². The summed E-state index contributed by atoms with van der Waals surface area (Å²) in [5.74, 6) is -0.717. The minimum atomic E-state index is -0.651. The van der Waals surface area contributed by atoms with Gasteiger partial charge in [0.2, 0.25) is 0 Å². The molecule has 1 aliphatic heterocycles. The maximum atomic E-state index is 12.1. The molecule has 1 amide bonds. The number of ether oxygens (including phenoxy) is 1. The average molecular weight is 248 g/mol. The summed E-state index contributed by atoms with van der Waals surface area (Å²) in [5.41, 5.74) is 0.0218. The molecular weight excluding hydrogens is 236 g/mol. The molecule has 0 saturated carbocycles. The fraction of sp³-hybridized carbons (Fsp3) is 0.333. The van der Waals surface area contributed by atoms with Crippen molar-refractivity contribution in [2.45, 2.75) is 6.10 Å². The molecule has 1 fully saturated rings. The number of hydrogen-bond donors (Lipinski definition) is 2. The molecule has 94 valence electrons. The Kier molecular flexibility index (Phi) is 3.35. The number of rotatable bonds is 1. The zero-order valence-corrected chi connectivity index (χ0v) is 9.54. The van der Waals surface area contributed by atoms with E-state index in [0.717, 1.165) is 0 Å². The summed E-state index contributed by atoms with van der Waals surface area (Å²) < 4.78 is 5.13. The molecule has 1 unspecified atom stereocenters. The highest BCUT2D eigenvalue weighted by molar-refractivity contribution is 5.97. The van der Waals surface area contributed by atoms with Crippen molar-refractivity contribution >= 4 is 5.91 Å².